The van der Waals surface area contributed by atoms with Gasteiger partial charge in [0.2, 0.25) is 0 Å². The lowest BCUT2D eigenvalue weighted by molar-refractivity contribution is 0.142. The molecule has 1 aliphatic heterocycles. The predicted octanol–water partition coefficient (Wildman–Crippen LogP) is 5.11. The first-order valence-electron chi connectivity index (χ1n) is 10.6. The van der Waals surface area contributed by atoms with Gasteiger partial charge in [0, 0.05) is 35.6 Å². The fraction of sp³-hybridized carbons (Fsp3) is 0.250. The standard InChI is InChI=1S/C24H21F3N4OS.ClH/c25-17-3-1-15(2-4-17)20-11-16-7-10-31(24(32)23(16)33-20)19-5-6-22(29-12-19)30-9-8-18(14-30)28-13-21(26)27;/h1-7,10-12,18,21,28H,8-9,13-14H2;1H/t18-;/m0./s1. The van der Waals surface area contributed by atoms with E-state index in [0.29, 0.717) is 16.9 Å². The quantitative estimate of drug-likeness (QED) is 0.395. The van der Waals surface area contributed by atoms with Crippen molar-refractivity contribution < 1.29 is 13.2 Å². The van der Waals surface area contributed by atoms with Gasteiger partial charge in [-0.25, -0.2) is 18.2 Å². The van der Waals surface area contributed by atoms with E-state index in [1.807, 2.05) is 29.2 Å². The maximum absolute atomic E-state index is 13.2. The van der Waals surface area contributed by atoms with Crippen molar-refractivity contribution in [3.8, 4) is 16.1 Å². The zero-order valence-corrected chi connectivity index (χ0v) is 19.6. The van der Waals surface area contributed by atoms with Gasteiger partial charge in [-0.3, -0.25) is 9.36 Å². The molecule has 0 aliphatic carbocycles. The minimum absolute atomic E-state index is 0. The second-order valence-electron chi connectivity index (χ2n) is 8.00. The Labute approximate surface area is 204 Å². The second-order valence-corrected chi connectivity index (χ2v) is 9.05. The molecule has 3 aromatic heterocycles. The molecule has 0 unspecified atom stereocenters. The zero-order valence-electron chi connectivity index (χ0n) is 18.0. The van der Waals surface area contributed by atoms with Crippen LogP contribution in [0.25, 0.3) is 26.2 Å². The fourth-order valence-corrected chi connectivity index (χ4v) is 5.18. The molecule has 34 heavy (non-hydrogen) atoms. The first kappa shape index (κ1) is 24.3. The topological polar surface area (TPSA) is 50.2 Å². The summed E-state index contributed by atoms with van der Waals surface area (Å²) < 4.78 is 40.2. The second kappa shape index (κ2) is 10.2. The summed E-state index contributed by atoms with van der Waals surface area (Å²) in [6.45, 7) is 1.05. The number of thiophene rings is 1. The average Bonchev–Trinajstić information content (AvgIpc) is 3.47. The number of hydrogen-bond donors (Lipinski definition) is 1. The molecule has 1 saturated heterocycles. The van der Waals surface area contributed by atoms with E-state index in [9.17, 15) is 18.0 Å². The van der Waals surface area contributed by atoms with Crippen molar-refractivity contribution in [3.63, 3.8) is 0 Å². The van der Waals surface area contributed by atoms with Crippen LogP contribution in [-0.2, 0) is 0 Å². The van der Waals surface area contributed by atoms with Crippen LogP contribution in [0.1, 0.15) is 6.42 Å². The number of nitrogens with one attached hydrogen (secondary N) is 1. The molecule has 0 spiro atoms. The van der Waals surface area contributed by atoms with Gasteiger partial charge in [-0.05, 0) is 48.4 Å². The highest BCUT2D eigenvalue weighted by Gasteiger charge is 2.24. The summed E-state index contributed by atoms with van der Waals surface area (Å²) in [7, 11) is 0. The van der Waals surface area contributed by atoms with E-state index >= 15 is 0 Å². The summed E-state index contributed by atoms with van der Waals surface area (Å²) in [5.41, 5.74) is 1.37. The number of aromatic nitrogens is 2. The van der Waals surface area contributed by atoms with E-state index in [0.717, 1.165) is 34.6 Å². The van der Waals surface area contributed by atoms with Crippen LogP contribution in [0.5, 0.6) is 0 Å². The first-order chi connectivity index (χ1) is 16.0. The number of pyridine rings is 2. The molecule has 4 aromatic rings. The normalized spacial score (nSPS) is 15.8. The number of fused-ring (bicyclic) bond motifs is 1. The molecule has 0 amide bonds. The van der Waals surface area contributed by atoms with Gasteiger partial charge in [0.1, 0.15) is 16.3 Å². The lowest BCUT2D eigenvalue weighted by atomic mass is 10.2. The number of anilines is 1. The summed E-state index contributed by atoms with van der Waals surface area (Å²) in [5, 5.41) is 3.71. The summed E-state index contributed by atoms with van der Waals surface area (Å²) in [6.07, 6.45) is 1.79. The molecule has 10 heteroatoms. The van der Waals surface area contributed by atoms with Crippen molar-refractivity contribution in [2.45, 2.75) is 18.9 Å². The Hall–Kier alpha value is -2.88. The molecule has 1 aromatic carbocycles. The largest absolute Gasteiger partial charge is 0.355 e. The van der Waals surface area contributed by atoms with Gasteiger partial charge in [0.05, 0.1) is 18.4 Å². The molecule has 4 heterocycles. The average molecular weight is 507 g/mol. The Kier molecular flexibility index (Phi) is 7.25. The lowest BCUT2D eigenvalue weighted by Crippen LogP contribution is -2.35. The highest BCUT2D eigenvalue weighted by Crippen LogP contribution is 2.32. The van der Waals surface area contributed by atoms with Crippen molar-refractivity contribution in [2.24, 2.45) is 0 Å². The third-order valence-electron chi connectivity index (χ3n) is 5.79. The molecule has 0 radical (unpaired) electrons. The summed E-state index contributed by atoms with van der Waals surface area (Å²) >= 11 is 1.38. The SMILES string of the molecule is Cl.O=c1c2sc(-c3ccc(F)cc3)cc2ccn1-c1ccc(N2CC[C@H](NCC(F)F)C2)nc1. The Morgan fingerprint density at radius 2 is 1.94 bits per heavy atom. The molecule has 5 rings (SSSR count). The van der Waals surface area contributed by atoms with Crippen LogP contribution in [0.3, 0.4) is 0 Å². The van der Waals surface area contributed by atoms with Crippen molar-refractivity contribution in [3.05, 3.63) is 77.1 Å². The maximum atomic E-state index is 13.2. The number of benzene rings is 1. The monoisotopic (exact) mass is 506 g/mol. The van der Waals surface area contributed by atoms with Crippen LogP contribution in [0.4, 0.5) is 19.0 Å². The third kappa shape index (κ3) is 4.96. The predicted molar refractivity (Wildman–Crippen MR) is 132 cm³/mol. The minimum Gasteiger partial charge on any atom is -0.355 e. The van der Waals surface area contributed by atoms with E-state index in [4.69, 9.17) is 0 Å². The Morgan fingerprint density at radius 1 is 1.15 bits per heavy atom. The molecule has 1 N–H and O–H groups in total. The van der Waals surface area contributed by atoms with Gasteiger partial charge in [-0.1, -0.05) is 12.1 Å². The first-order valence-corrected chi connectivity index (χ1v) is 11.4. The van der Waals surface area contributed by atoms with Gasteiger partial charge < -0.3 is 10.2 Å². The minimum atomic E-state index is -2.36. The molecular formula is C24H22ClF3N4OS. The Bertz CT molecular complexity index is 1330. The number of alkyl halides is 2. The van der Waals surface area contributed by atoms with Gasteiger partial charge in [0.25, 0.3) is 12.0 Å². The van der Waals surface area contributed by atoms with Crippen LogP contribution in [0.15, 0.2) is 65.7 Å². The molecule has 5 nitrogen and oxygen atoms in total. The molecule has 178 valence electrons. The van der Waals surface area contributed by atoms with E-state index < -0.39 is 6.43 Å². The van der Waals surface area contributed by atoms with E-state index in [1.165, 1.54) is 23.5 Å². The highest BCUT2D eigenvalue weighted by molar-refractivity contribution is 7.22. The summed E-state index contributed by atoms with van der Waals surface area (Å²) in [6, 6.07) is 13.7. The molecule has 1 atom stereocenters. The van der Waals surface area contributed by atoms with Crippen LogP contribution in [0.2, 0.25) is 0 Å². The summed E-state index contributed by atoms with van der Waals surface area (Å²) in [5.74, 6) is 0.455. The number of rotatable bonds is 6. The van der Waals surface area contributed by atoms with Crippen molar-refractivity contribution in [1.82, 2.24) is 14.9 Å². The lowest BCUT2D eigenvalue weighted by Gasteiger charge is -2.18. The summed E-state index contributed by atoms with van der Waals surface area (Å²) in [4.78, 5) is 20.6. The molecule has 0 bridgehead atoms. The van der Waals surface area contributed by atoms with E-state index in [-0.39, 0.29) is 36.4 Å². The smallest absolute Gasteiger partial charge is 0.273 e. The van der Waals surface area contributed by atoms with Gasteiger partial charge in [0.15, 0.2) is 0 Å². The van der Waals surface area contributed by atoms with Crippen LogP contribution in [0, 0.1) is 5.82 Å². The molecule has 0 saturated carbocycles. The van der Waals surface area contributed by atoms with Crippen LogP contribution >= 0.6 is 23.7 Å². The number of halogens is 4. The van der Waals surface area contributed by atoms with E-state index in [1.54, 1.807) is 29.1 Å². The Balaban J connectivity index is 0.00000274. The van der Waals surface area contributed by atoms with Gasteiger partial charge in [-0.15, -0.1) is 23.7 Å². The van der Waals surface area contributed by atoms with Gasteiger partial charge in [-0.2, -0.15) is 0 Å². The van der Waals surface area contributed by atoms with Crippen molar-refractivity contribution in [2.75, 3.05) is 24.5 Å². The van der Waals surface area contributed by atoms with E-state index in [2.05, 4.69) is 10.3 Å². The molecule has 1 aliphatic rings. The van der Waals surface area contributed by atoms with Crippen LogP contribution in [-0.4, -0.2) is 41.7 Å². The molecule has 1 fully saturated rings. The van der Waals surface area contributed by atoms with Crippen molar-refractivity contribution >= 4 is 39.6 Å². The van der Waals surface area contributed by atoms with Crippen molar-refractivity contribution in [1.29, 1.82) is 0 Å². The maximum Gasteiger partial charge on any atom is 0.273 e. The zero-order chi connectivity index (χ0) is 22.9. The van der Waals surface area contributed by atoms with Gasteiger partial charge >= 0.3 is 0 Å². The number of nitrogens with zero attached hydrogens (tertiary/aromatic N) is 3. The Morgan fingerprint density at radius 3 is 2.65 bits per heavy atom. The molecular weight excluding hydrogens is 485 g/mol. The fourth-order valence-electron chi connectivity index (χ4n) is 4.09. The van der Waals surface area contributed by atoms with Crippen LogP contribution < -0.4 is 15.8 Å². The highest BCUT2D eigenvalue weighted by atomic mass is 35.5. The number of hydrogen-bond acceptors (Lipinski definition) is 5. The third-order valence-corrected chi connectivity index (χ3v) is 6.98.